The molecule has 10 aliphatic rings. The minimum absolute atomic E-state index is 0.0316. The molecule has 0 unspecified atom stereocenters. The molecule has 16 heteroatoms. The standard InChI is InChI=1S/C40H62F3NO12/c1-9-46-31(45)22-44(18-20-47-36(8)25(4)29-12-10-23(2)27-14-16-34(6)49-32(51-36)37(27,29)55-53-34)19-21-48-39(40(41,42)43)26(5)30-13-11-24(3)28-15-17-35(7)50-33(52-39)38(28,30)56-54-35/h23-30,32-33H,9-22H2,1-8H3/t23-,24-,25-,26-,27+,28+,29+,30+,32+,33+,34-,35-,36+,37-,38-,39-/m1/s1. The molecule has 0 aromatic rings. The van der Waals surface area contributed by atoms with Gasteiger partial charge in [0.05, 0.1) is 26.4 Å². The molecule has 56 heavy (non-hydrogen) atoms. The van der Waals surface area contributed by atoms with Crippen LogP contribution in [0.3, 0.4) is 0 Å². The Labute approximate surface area is 327 Å². The van der Waals surface area contributed by atoms with Crippen LogP contribution in [-0.2, 0) is 57.5 Å². The molecule has 16 atom stereocenters. The van der Waals surface area contributed by atoms with Crippen molar-refractivity contribution in [3.63, 3.8) is 0 Å². The molecule has 13 nitrogen and oxygen atoms in total. The van der Waals surface area contributed by atoms with E-state index < -0.39 is 77.5 Å². The smallest absolute Gasteiger partial charge is 0.443 e. The number of fused-ring (bicyclic) bond motifs is 4. The van der Waals surface area contributed by atoms with Crippen molar-refractivity contribution in [2.75, 3.05) is 39.5 Å². The fourth-order valence-electron chi connectivity index (χ4n) is 12.1. The number of nitrogens with zero attached hydrogens (tertiary/aromatic N) is 1. The van der Waals surface area contributed by atoms with Gasteiger partial charge in [-0.1, -0.05) is 27.7 Å². The number of rotatable bonds is 11. The first-order valence-corrected chi connectivity index (χ1v) is 21.0. The maximum atomic E-state index is 15.5. The van der Waals surface area contributed by atoms with Crippen LogP contribution in [-0.4, -0.2) is 103 Å². The normalized spacial score (nSPS) is 50.9. The SMILES string of the molecule is CCOC(=O)CN(CCO[C@@]1(C)O[C@@H]2O[C@@]3(C)CC[C@H]4[C@H](C)CC[C@@H]([C@H]1C)[C@@]24OO3)CCO[C@@]1(C(F)(F)F)O[C@@H]2O[C@@]3(C)CC[C@H]4[C@H](C)CC[C@@H]([C@H]1C)[C@@]24OO3. The average molecular weight is 806 g/mol. The molecule has 2 saturated carbocycles. The molecule has 10 rings (SSSR count). The van der Waals surface area contributed by atoms with Crippen molar-refractivity contribution in [1.82, 2.24) is 4.90 Å². The molecule has 0 N–H and O–H groups in total. The Morgan fingerprint density at radius 3 is 1.73 bits per heavy atom. The van der Waals surface area contributed by atoms with E-state index in [1.54, 1.807) is 18.7 Å². The largest absolute Gasteiger partial charge is 0.465 e. The molecule has 0 aromatic heterocycles. The Morgan fingerprint density at radius 2 is 1.20 bits per heavy atom. The predicted octanol–water partition coefficient (Wildman–Crippen LogP) is 6.62. The summed E-state index contributed by atoms with van der Waals surface area (Å²) in [5.41, 5.74) is -1.95. The van der Waals surface area contributed by atoms with E-state index in [2.05, 4.69) is 20.8 Å². The van der Waals surface area contributed by atoms with E-state index in [0.29, 0.717) is 31.6 Å². The van der Waals surface area contributed by atoms with E-state index >= 15 is 13.2 Å². The summed E-state index contributed by atoms with van der Waals surface area (Å²) in [6.07, 6.45) is -1.10. The lowest BCUT2D eigenvalue weighted by atomic mass is 9.57. The zero-order chi connectivity index (χ0) is 40.1. The summed E-state index contributed by atoms with van der Waals surface area (Å²) in [4.78, 5) is 38.6. The second-order valence-corrected chi connectivity index (χ2v) is 18.6. The Morgan fingerprint density at radius 1 is 0.679 bits per heavy atom. The first kappa shape index (κ1) is 41.5. The minimum atomic E-state index is -4.92. The molecule has 8 saturated heterocycles. The Hall–Kier alpha value is -1.18. The summed E-state index contributed by atoms with van der Waals surface area (Å²) in [6.45, 7) is 15.0. The number of ether oxygens (including phenoxy) is 7. The Balaban J connectivity index is 0.975. The Bertz CT molecular complexity index is 1480. The monoisotopic (exact) mass is 805 g/mol. The zero-order valence-electron chi connectivity index (χ0n) is 34.2. The van der Waals surface area contributed by atoms with Crippen LogP contribution in [0.2, 0.25) is 0 Å². The summed E-state index contributed by atoms with van der Waals surface area (Å²) in [6, 6.07) is 0. The van der Waals surface area contributed by atoms with Gasteiger partial charge in [0.1, 0.15) is 0 Å². The maximum absolute atomic E-state index is 15.5. The fourth-order valence-corrected chi connectivity index (χ4v) is 12.1. The van der Waals surface area contributed by atoms with Crippen molar-refractivity contribution in [3.8, 4) is 0 Å². The molecule has 2 spiro atoms. The molecule has 4 bridgehead atoms. The molecular formula is C40H62F3NO12. The van der Waals surface area contributed by atoms with Gasteiger partial charge in [-0.2, -0.15) is 13.2 Å². The molecule has 8 aliphatic heterocycles. The lowest BCUT2D eigenvalue weighted by molar-refractivity contribution is -0.598. The van der Waals surface area contributed by atoms with Gasteiger partial charge in [-0.05, 0) is 89.9 Å². The van der Waals surface area contributed by atoms with E-state index in [0.717, 1.165) is 25.7 Å². The van der Waals surface area contributed by atoms with Crippen LogP contribution in [0.15, 0.2) is 0 Å². The minimum Gasteiger partial charge on any atom is -0.465 e. The van der Waals surface area contributed by atoms with Crippen LogP contribution in [0.4, 0.5) is 13.2 Å². The van der Waals surface area contributed by atoms with Crippen LogP contribution in [0.1, 0.15) is 107 Å². The third-order valence-electron chi connectivity index (χ3n) is 15.4. The van der Waals surface area contributed by atoms with Gasteiger partial charge in [-0.15, -0.1) is 0 Å². The number of carbonyl (C=O) groups is 1. The van der Waals surface area contributed by atoms with Gasteiger partial charge >= 0.3 is 12.1 Å². The quantitative estimate of drug-likeness (QED) is 0.164. The molecule has 0 amide bonds. The van der Waals surface area contributed by atoms with Gasteiger partial charge in [0.15, 0.2) is 29.6 Å². The molecule has 2 aliphatic carbocycles. The van der Waals surface area contributed by atoms with Gasteiger partial charge in [0, 0.05) is 49.6 Å². The van der Waals surface area contributed by atoms with Crippen LogP contribution < -0.4 is 0 Å². The second-order valence-electron chi connectivity index (χ2n) is 18.6. The summed E-state index contributed by atoms with van der Waals surface area (Å²) < 4.78 is 89.7. The van der Waals surface area contributed by atoms with Gasteiger partial charge in [0.25, 0.3) is 5.79 Å². The zero-order valence-corrected chi connectivity index (χ0v) is 34.2. The number of hydrogen-bond acceptors (Lipinski definition) is 13. The highest BCUT2D eigenvalue weighted by molar-refractivity contribution is 5.71. The lowest BCUT2D eigenvalue weighted by Crippen LogP contribution is -2.76. The van der Waals surface area contributed by atoms with Crippen molar-refractivity contribution in [2.45, 2.75) is 160 Å². The molecule has 10 fully saturated rings. The van der Waals surface area contributed by atoms with Crippen LogP contribution >= 0.6 is 0 Å². The van der Waals surface area contributed by atoms with Crippen molar-refractivity contribution >= 4 is 5.97 Å². The van der Waals surface area contributed by atoms with E-state index in [1.807, 2.05) is 13.8 Å². The summed E-state index contributed by atoms with van der Waals surface area (Å²) >= 11 is 0. The third kappa shape index (κ3) is 6.40. The van der Waals surface area contributed by atoms with Crippen LogP contribution in [0.5, 0.6) is 0 Å². The number of hydrogen-bond donors (Lipinski definition) is 0. The highest BCUT2D eigenvalue weighted by Gasteiger charge is 2.77. The van der Waals surface area contributed by atoms with Crippen molar-refractivity contribution in [3.05, 3.63) is 0 Å². The van der Waals surface area contributed by atoms with E-state index in [1.165, 1.54) is 6.92 Å². The molecule has 320 valence electrons. The van der Waals surface area contributed by atoms with Gasteiger partial charge < -0.3 is 33.2 Å². The van der Waals surface area contributed by atoms with Gasteiger partial charge in [0.2, 0.25) is 11.6 Å². The number of carbonyl (C=O) groups excluding carboxylic acids is 1. The number of esters is 1. The van der Waals surface area contributed by atoms with Crippen LogP contribution in [0.25, 0.3) is 0 Å². The summed E-state index contributed by atoms with van der Waals surface area (Å²) in [5, 5.41) is 0. The topological polar surface area (TPSA) is 122 Å². The van der Waals surface area contributed by atoms with E-state index in [4.69, 9.17) is 52.7 Å². The third-order valence-corrected chi connectivity index (χ3v) is 15.4. The highest BCUT2D eigenvalue weighted by Crippen LogP contribution is 2.65. The Kier molecular flexibility index (Phi) is 10.7. The number of halogens is 3. The van der Waals surface area contributed by atoms with E-state index in [-0.39, 0.29) is 62.4 Å². The average Bonchev–Trinajstić information content (AvgIpc) is 3.50. The van der Waals surface area contributed by atoms with Crippen molar-refractivity contribution < 1.29 is 70.7 Å². The first-order chi connectivity index (χ1) is 26.4. The summed E-state index contributed by atoms with van der Waals surface area (Å²) in [5.74, 6) is -7.94. The molecule has 0 aromatic carbocycles. The molecule has 8 heterocycles. The lowest BCUT2D eigenvalue weighted by Gasteiger charge is -2.62. The first-order valence-electron chi connectivity index (χ1n) is 21.0. The van der Waals surface area contributed by atoms with Crippen molar-refractivity contribution in [2.24, 2.45) is 47.3 Å². The fraction of sp³-hybridized carbons (Fsp3) is 0.975. The second kappa shape index (κ2) is 14.5. The van der Waals surface area contributed by atoms with Crippen LogP contribution in [0, 0.1) is 47.3 Å². The summed E-state index contributed by atoms with van der Waals surface area (Å²) in [7, 11) is 0. The maximum Gasteiger partial charge on any atom is 0.443 e. The molecule has 0 radical (unpaired) electrons. The van der Waals surface area contributed by atoms with Gasteiger partial charge in [-0.25, -0.2) is 19.6 Å². The van der Waals surface area contributed by atoms with Crippen molar-refractivity contribution in [1.29, 1.82) is 0 Å². The number of alkyl halides is 3. The van der Waals surface area contributed by atoms with E-state index in [9.17, 15) is 4.79 Å². The molecular weight excluding hydrogens is 743 g/mol. The predicted molar refractivity (Wildman–Crippen MR) is 188 cm³/mol. The highest BCUT2D eigenvalue weighted by atomic mass is 19.4. The van der Waals surface area contributed by atoms with Gasteiger partial charge in [-0.3, -0.25) is 9.69 Å².